The molecule has 25 heavy (non-hydrogen) atoms. The van der Waals surface area contributed by atoms with E-state index in [1.54, 1.807) is 10.8 Å². The van der Waals surface area contributed by atoms with Crippen LogP contribution in [-0.2, 0) is 4.74 Å². The van der Waals surface area contributed by atoms with E-state index in [-0.39, 0.29) is 6.61 Å². The zero-order valence-corrected chi connectivity index (χ0v) is 14.0. The smallest absolute Gasteiger partial charge is 0.164 e. The standard InChI is InChI=1S/C17H17N3O4S/c21-8-12-13(22)14(23)17(24-12)20-7-6-11-15(20)18-9-19-16(11)25-10-4-2-1-3-5-10/h1-7,9,12-14,17,21-23H,8H2/t12-,13+,14?,17-/m1/s1. The Labute approximate surface area is 147 Å². The van der Waals surface area contributed by atoms with E-state index in [0.717, 1.165) is 15.3 Å². The van der Waals surface area contributed by atoms with Crippen molar-refractivity contribution in [3.05, 3.63) is 48.9 Å². The molecule has 1 saturated heterocycles. The number of hydrogen-bond donors (Lipinski definition) is 3. The molecular formula is C17H17N3O4S. The lowest BCUT2D eigenvalue weighted by atomic mass is 10.1. The summed E-state index contributed by atoms with van der Waals surface area (Å²) in [5.74, 6) is 0. The van der Waals surface area contributed by atoms with Gasteiger partial charge in [-0.1, -0.05) is 30.0 Å². The predicted molar refractivity (Wildman–Crippen MR) is 91.1 cm³/mol. The first-order valence-electron chi connectivity index (χ1n) is 7.86. The first-order chi connectivity index (χ1) is 12.2. The minimum Gasteiger partial charge on any atom is -0.394 e. The van der Waals surface area contributed by atoms with Gasteiger partial charge in [-0.25, -0.2) is 9.97 Å². The van der Waals surface area contributed by atoms with Crippen LogP contribution in [0.4, 0.5) is 0 Å². The third-order valence-corrected chi connectivity index (χ3v) is 5.25. The number of aliphatic hydroxyl groups excluding tert-OH is 3. The predicted octanol–water partition coefficient (Wildman–Crippen LogP) is 1.19. The molecular weight excluding hydrogens is 342 g/mol. The van der Waals surface area contributed by atoms with E-state index in [9.17, 15) is 15.3 Å². The molecule has 3 aromatic rings. The SMILES string of the molecule is OC[C@H]1O[C@@H](n2ccc3c(Sc4ccccc4)ncnc32)C(O)[C@H]1O. The van der Waals surface area contributed by atoms with Crippen molar-refractivity contribution in [2.24, 2.45) is 0 Å². The van der Waals surface area contributed by atoms with Crippen molar-refractivity contribution < 1.29 is 20.1 Å². The van der Waals surface area contributed by atoms with Gasteiger partial charge in [0, 0.05) is 11.1 Å². The molecule has 1 aliphatic heterocycles. The quantitative estimate of drug-likeness (QED) is 0.602. The summed E-state index contributed by atoms with van der Waals surface area (Å²) in [6, 6.07) is 11.7. The lowest BCUT2D eigenvalue weighted by Gasteiger charge is -2.17. The monoisotopic (exact) mass is 359 g/mol. The van der Waals surface area contributed by atoms with E-state index in [1.807, 2.05) is 36.4 Å². The van der Waals surface area contributed by atoms with Gasteiger partial charge in [0.05, 0.1) is 12.0 Å². The molecule has 0 amide bonds. The lowest BCUT2D eigenvalue weighted by molar-refractivity contribution is -0.0508. The van der Waals surface area contributed by atoms with Gasteiger partial charge in [-0.05, 0) is 18.2 Å². The Morgan fingerprint density at radius 1 is 1.08 bits per heavy atom. The lowest BCUT2D eigenvalue weighted by Crippen LogP contribution is -2.33. The second kappa shape index (κ2) is 6.74. The van der Waals surface area contributed by atoms with Crippen LogP contribution in [0.5, 0.6) is 0 Å². The Bertz CT molecular complexity index is 873. The number of aliphatic hydroxyl groups is 3. The van der Waals surface area contributed by atoms with Gasteiger partial charge in [0.2, 0.25) is 0 Å². The van der Waals surface area contributed by atoms with Crippen molar-refractivity contribution >= 4 is 22.8 Å². The van der Waals surface area contributed by atoms with Gasteiger partial charge in [0.25, 0.3) is 0 Å². The Morgan fingerprint density at radius 3 is 2.60 bits per heavy atom. The van der Waals surface area contributed by atoms with Crippen LogP contribution >= 0.6 is 11.8 Å². The minimum absolute atomic E-state index is 0.363. The van der Waals surface area contributed by atoms with Gasteiger partial charge in [-0.3, -0.25) is 0 Å². The highest BCUT2D eigenvalue weighted by Crippen LogP contribution is 2.35. The minimum atomic E-state index is -1.15. The third-order valence-electron chi connectivity index (χ3n) is 4.22. The first kappa shape index (κ1) is 16.5. The van der Waals surface area contributed by atoms with E-state index in [1.165, 1.54) is 18.1 Å². The Balaban J connectivity index is 1.70. The maximum Gasteiger partial charge on any atom is 0.164 e. The number of aromatic nitrogens is 3. The summed E-state index contributed by atoms with van der Waals surface area (Å²) in [6.07, 6.45) is -0.716. The highest BCUT2D eigenvalue weighted by Gasteiger charge is 2.43. The molecule has 0 radical (unpaired) electrons. The number of benzene rings is 1. The van der Waals surface area contributed by atoms with E-state index in [2.05, 4.69) is 9.97 Å². The molecule has 1 fully saturated rings. The molecule has 4 atom stereocenters. The van der Waals surface area contributed by atoms with Crippen LogP contribution in [0.2, 0.25) is 0 Å². The second-order valence-electron chi connectivity index (χ2n) is 5.78. The van der Waals surface area contributed by atoms with Gasteiger partial charge in [0.15, 0.2) is 6.23 Å². The third kappa shape index (κ3) is 2.92. The molecule has 3 heterocycles. The summed E-state index contributed by atoms with van der Waals surface area (Å²) in [6.45, 7) is -0.363. The summed E-state index contributed by atoms with van der Waals surface area (Å²) in [4.78, 5) is 9.71. The number of nitrogens with zero attached hydrogens (tertiary/aromatic N) is 3. The van der Waals surface area contributed by atoms with E-state index in [4.69, 9.17) is 4.74 Å². The molecule has 2 aromatic heterocycles. The fourth-order valence-corrected chi connectivity index (χ4v) is 3.83. The van der Waals surface area contributed by atoms with Crippen molar-refractivity contribution in [1.29, 1.82) is 0 Å². The van der Waals surface area contributed by atoms with Crippen LogP contribution < -0.4 is 0 Å². The van der Waals surface area contributed by atoms with Crippen LogP contribution in [0, 0.1) is 0 Å². The molecule has 7 nitrogen and oxygen atoms in total. The second-order valence-corrected chi connectivity index (χ2v) is 6.85. The maximum absolute atomic E-state index is 10.2. The summed E-state index contributed by atoms with van der Waals surface area (Å²) in [5.41, 5.74) is 0.600. The van der Waals surface area contributed by atoms with Crippen LogP contribution in [0.15, 0.2) is 58.8 Å². The fraction of sp³-hybridized carbons (Fsp3) is 0.294. The van der Waals surface area contributed by atoms with Crippen molar-refractivity contribution in [2.75, 3.05) is 6.61 Å². The molecule has 130 valence electrons. The average molecular weight is 359 g/mol. The highest BCUT2D eigenvalue weighted by atomic mass is 32.2. The van der Waals surface area contributed by atoms with Crippen LogP contribution in [0.3, 0.4) is 0 Å². The van der Waals surface area contributed by atoms with Crippen molar-refractivity contribution in [2.45, 2.75) is 34.5 Å². The molecule has 0 bridgehead atoms. The molecule has 1 aromatic carbocycles. The normalized spacial score (nSPS) is 26.4. The molecule has 0 saturated carbocycles. The Hall–Kier alpha value is -1.97. The van der Waals surface area contributed by atoms with E-state index < -0.39 is 24.5 Å². The molecule has 4 rings (SSSR count). The molecule has 1 aliphatic rings. The maximum atomic E-state index is 10.2. The Kier molecular flexibility index (Phi) is 4.45. The molecule has 0 aliphatic carbocycles. The molecule has 8 heteroatoms. The van der Waals surface area contributed by atoms with Crippen molar-refractivity contribution in [3.63, 3.8) is 0 Å². The van der Waals surface area contributed by atoms with Gasteiger partial charge in [-0.15, -0.1) is 0 Å². The van der Waals surface area contributed by atoms with Gasteiger partial charge < -0.3 is 24.6 Å². The zero-order valence-electron chi connectivity index (χ0n) is 13.1. The first-order valence-corrected chi connectivity index (χ1v) is 8.67. The largest absolute Gasteiger partial charge is 0.394 e. The number of hydrogen-bond acceptors (Lipinski definition) is 7. The summed E-state index contributed by atoms with van der Waals surface area (Å²) < 4.78 is 7.25. The Morgan fingerprint density at radius 2 is 1.88 bits per heavy atom. The fourth-order valence-electron chi connectivity index (χ4n) is 2.94. The van der Waals surface area contributed by atoms with E-state index in [0.29, 0.717) is 5.65 Å². The topological polar surface area (TPSA) is 101 Å². The van der Waals surface area contributed by atoms with Crippen molar-refractivity contribution in [1.82, 2.24) is 14.5 Å². The molecule has 1 unspecified atom stereocenters. The van der Waals surface area contributed by atoms with Crippen molar-refractivity contribution in [3.8, 4) is 0 Å². The summed E-state index contributed by atoms with van der Waals surface area (Å²) in [5, 5.41) is 31.1. The highest BCUT2D eigenvalue weighted by molar-refractivity contribution is 7.99. The average Bonchev–Trinajstić information content (AvgIpc) is 3.18. The van der Waals surface area contributed by atoms with Gasteiger partial charge >= 0.3 is 0 Å². The molecule has 0 spiro atoms. The van der Waals surface area contributed by atoms with E-state index >= 15 is 0 Å². The van der Waals surface area contributed by atoms with Crippen LogP contribution in [-0.4, -0.2) is 54.8 Å². The summed E-state index contributed by atoms with van der Waals surface area (Å²) >= 11 is 1.52. The summed E-state index contributed by atoms with van der Waals surface area (Å²) in [7, 11) is 0. The van der Waals surface area contributed by atoms with Crippen LogP contribution in [0.1, 0.15) is 6.23 Å². The number of ether oxygens (including phenoxy) is 1. The number of fused-ring (bicyclic) bond motifs is 1. The van der Waals surface area contributed by atoms with Gasteiger partial charge in [-0.2, -0.15) is 0 Å². The zero-order chi connectivity index (χ0) is 17.4. The van der Waals surface area contributed by atoms with Gasteiger partial charge in [0.1, 0.15) is 35.3 Å². The number of rotatable bonds is 4. The van der Waals surface area contributed by atoms with Crippen LogP contribution in [0.25, 0.3) is 11.0 Å². The molecule has 3 N–H and O–H groups in total.